The number of unbranched alkanes of at least 4 members (excludes halogenated alkanes) is 1. The van der Waals surface area contributed by atoms with Crippen LogP contribution in [0.4, 0.5) is 5.13 Å². The fourth-order valence-electron chi connectivity index (χ4n) is 4.99. The van der Waals surface area contributed by atoms with Gasteiger partial charge in [0.1, 0.15) is 5.58 Å². The first-order valence-corrected chi connectivity index (χ1v) is 16.4. The highest BCUT2D eigenvalue weighted by Crippen LogP contribution is 2.46. The highest BCUT2D eigenvalue weighted by Gasteiger charge is 2.47. The van der Waals surface area contributed by atoms with Crippen LogP contribution in [0.3, 0.4) is 0 Å². The van der Waals surface area contributed by atoms with Crippen LogP contribution in [0.1, 0.15) is 47.5 Å². The van der Waals surface area contributed by atoms with E-state index in [1.807, 2.05) is 36.4 Å². The number of furan rings is 1. The Kier molecular flexibility index (Phi) is 9.11. The number of ketones is 1. The lowest BCUT2D eigenvalue weighted by Gasteiger charge is -2.24. The van der Waals surface area contributed by atoms with E-state index in [-0.39, 0.29) is 16.5 Å². The molecule has 45 heavy (non-hydrogen) atoms. The normalized spacial score (nSPS) is 14.9. The lowest BCUT2D eigenvalue weighted by Crippen LogP contribution is -2.31. The zero-order chi connectivity index (χ0) is 31.5. The molecule has 3 aromatic carbocycles. The first-order valence-electron chi connectivity index (χ1n) is 14.2. The van der Waals surface area contributed by atoms with E-state index < -0.39 is 23.5 Å². The molecule has 0 aliphatic carbocycles. The van der Waals surface area contributed by atoms with E-state index in [1.54, 1.807) is 36.4 Å². The van der Waals surface area contributed by atoms with Crippen LogP contribution >= 0.6 is 34.7 Å². The van der Waals surface area contributed by atoms with Crippen molar-refractivity contribution in [2.45, 2.75) is 35.9 Å². The molecule has 3 heterocycles. The second kappa shape index (κ2) is 13.4. The highest BCUT2D eigenvalue weighted by molar-refractivity contribution is 8.00. The molecule has 0 fully saturated rings. The molecule has 1 unspecified atom stereocenters. The SMILES string of the molecule is CCCCOc1ccc(C2C(C(=O)c3cc4ccccc4o3)=C(O)C(=O)N2c2nnc(SCc3ccccc3Cl)s2)cc1OC. The molecule has 0 bridgehead atoms. The molecule has 9 nitrogen and oxygen atoms in total. The number of aliphatic hydroxyl groups is 1. The number of nitrogens with zero attached hydrogens (tertiary/aromatic N) is 3. The topological polar surface area (TPSA) is 115 Å². The lowest BCUT2D eigenvalue weighted by atomic mass is 9.95. The number of fused-ring (bicyclic) bond motifs is 1. The molecule has 1 N–H and O–H groups in total. The third kappa shape index (κ3) is 6.15. The Bertz CT molecular complexity index is 1890. The number of methoxy groups -OCH3 is 1. The molecule has 6 rings (SSSR count). The average molecular weight is 662 g/mol. The first kappa shape index (κ1) is 30.7. The van der Waals surface area contributed by atoms with Gasteiger partial charge in [-0.05, 0) is 47.9 Å². The van der Waals surface area contributed by atoms with E-state index >= 15 is 0 Å². The lowest BCUT2D eigenvalue weighted by molar-refractivity contribution is -0.117. The number of hydrogen-bond acceptors (Lipinski definition) is 10. The summed E-state index contributed by atoms with van der Waals surface area (Å²) < 4.78 is 18.0. The van der Waals surface area contributed by atoms with Crippen molar-refractivity contribution in [2.75, 3.05) is 18.6 Å². The quantitative estimate of drug-likeness (QED) is 0.0611. The molecule has 0 saturated heterocycles. The predicted molar refractivity (Wildman–Crippen MR) is 175 cm³/mol. The van der Waals surface area contributed by atoms with Crippen molar-refractivity contribution in [3.63, 3.8) is 0 Å². The minimum absolute atomic E-state index is 0.00266. The number of aromatic nitrogens is 2. The minimum Gasteiger partial charge on any atom is -0.503 e. The summed E-state index contributed by atoms with van der Waals surface area (Å²) in [5.41, 5.74) is 1.81. The van der Waals surface area contributed by atoms with Crippen molar-refractivity contribution in [3.8, 4) is 11.5 Å². The number of anilines is 1. The second-order valence-electron chi connectivity index (χ2n) is 10.2. The molecule has 230 valence electrons. The summed E-state index contributed by atoms with van der Waals surface area (Å²) in [4.78, 5) is 29.0. The molecule has 12 heteroatoms. The van der Waals surface area contributed by atoms with E-state index in [1.165, 1.54) is 35.1 Å². The van der Waals surface area contributed by atoms with Crippen molar-refractivity contribution >= 4 is 62.5 Å². The smallest absolute Gasteiger partial charge is 0.296 e. The van der Waals surface area contributed by atoms with Crippen LogP contribution in [-0.2, 0) is 10.5 Å². The highest BCUT2D eigenvalue weighted by atomic mass is 35.5. The Labute approximate surface area is 272 Å². The number of benzene rings is 3. The summed E-state index contributed by atoms with van der Waals surface area (Å²) in [6, 6.07) is 20.4. The van der Waals surface area contributed by atoms with Crippen LogP contribution in [-0.4, -0.2) is 40.7 Å². The summed E-state index contributed by atoms with van der Waals surface area (Å²) in [5, 5.41) is 21.4. The van der Waals surface area contributed by atoms with E-state index in [9.17, 15) is 14.7 Å². The van der Waals surface area contributed by atoms with Crippen LogP contribution in [0, 0.1) is 0 Å². The van der Waals surface area contributed by atoms with Gasteiger partial charge in [-0.25, -0.2) is 0 Å². The van der Waals surface area contributed by atoms with Gasteiger partial charge in [0.2, 0.25) is 10.9 Å². The summed E-state index contributed by atoms with van der Waals surface area (Å²) in [5.74, 6) is -0.596. The zero-order valence-electron chi connectivity index (χ0n) is 24.4. The van der Waals surface area contributed by atoms with Gasteiger partial charge in [0, 0.05) is 16.2 Å². The fraction of sp³-hybridized carbons (Fsp3) is 0.212. The Hall–Kier alpha value is -4.32. The molecular formula is C33H28ClN3O6S2. The molecule has 1 atom stereocenters. The van der Waals surface area contributed by atoms with E-state index in [0.717, 1.165) is 23.8 Å². The van der Waals surface area contributed by atoms with Gasteiger partial charge in [-0.2, -0.15) is 0 Å². The number of Topliss-reactive ketones (excluding diaryl/α,β-unsaturated/α-hetero) is 1. The summed E-state index contributed by atoms with van der Waals surface area (Å²) in [6.07, 6.45) is 1.84. The number of para-hydroxylation sites is 1. The van der Waals surface area contributed by atoms with Crippen LogP contribution in [0.15, 0.2) is 92.9 Å². The number of amides is 1. The minimum atomic E-state index is -1.05. The van der Waals surface area contributed by atoms with Crippen molar-refractivity contribution < 1.29 is 28.6 Å². The summed E-state index contributed by atoms with van der Waals surface area (Å²) >= 11 is 8.92. The van der Waals surface area contributed by atoms with Crippen molar-refractivity contribution in [2.24, 2.45) is 0 Å². The zero-order valence-corrected chi connectivity index (χ0v) is 26.7. The first-order chi connectivity index (χ1) is 21.9. The van der Waals surface area contributed by atoms with Crippen LogP contribution in [0.25, 0.3) is 11.0 Å². The number of rotatable bonds is 12. The maximum absolute atomic E-state index is 14.0. The van der Waals surface area contributed by atoms with Gasteiger partial charge in [-0.15, -0.1) is 10.2 Å². The molecule has 2 aromatic heterocycles. The standard InChI is InChI=1S/C33H28ClN3O6S2/c1-3-4-15-42-24-14-13-20(17-25(24)41-2)28-27(29(38)26-16-19-9-6-8-12-23(19)43-26)30(39)31(40)37(28)32-35-36-33(45-32)44-18-21-10-5-7-11-22(21)34/h5-14,16-17,28,39H,3-4,15,18H2,1-2H3. The average Bonchev–Trinajstić information content (AvgIpc) is 3.77. The monoisotopic (exact) mass is 661 g/mol. The maximum atomic E-state index is 14.0. The van der Waals surface area contributed by atoms with Gasteiger partial charge in [-0.3, -0.25) is 14.5 Å². The van der Waals surface area contributed by atoms with E-state index in [2.05, 4.69) is 17.1 Å². The van der Waals surface area contributed by atoms with Gasteiger partial charge in [-0.1, -0.05) is 90.5 Å². The van der Waals surface area contributed by atoms with Crippen LogP contribution < -0.4 is 14.4 Å². The van der Waals surface area contributed by atoms with Gasteiger partial charge in [0.15, 0.2) is 27.4 Å². The number of aliphatic hydroxyl groups excluding tert-OH is 1. The van der Waals surface area contributed by atoms with Gasteiger partial charge in [0.05, 0.1) is 25.3 Å². The van der Waals surface area contributed by atoms with E-state index in [4.69, 9.17) is 25.5 Å². The number of ether oxygens (including phenoxy) is 2. The maximum Gasteiger partial charge on any atom is 0.296 e. The number of thioether (sulfide) groups is 1. The molecule has 1 amide bonds. The van der Waals surface area contributed by atoms with Crippen molar-refractivity contribution in [1.82, 2.24) is 10.2 Å². The molecule has 1 aliphatic heterocycles. The molecule has 5 aromatic rings. The van der Waals surface area contributed by atoms with Crippen molar-refractivity contribution in [3.05, 3.63) is 106 Å². The fourth-order valence-corrected chi connectivity index (χ4v) is 7.14. The predicted octanol–water partition coefficient (Wildman–Crippen LogP) is 8.20. The number of hydrogen-bond donors (Lipinski definition) is 1. The van der Waals surface area contributed by atoms with Crippen LogP contribution in [0.5, 0.6) is 11.5 Å². The Balaban J connectivity index is 1.38. The number of carbonyl (C=O) groups excluding carboxylic acids is 2. The molecule has 1 aliphatic rings. The molecule has 0 saturated carbocycles. The molecule has 0 spiro atoms. The molecular weight excluding hydrogens is 634 g/mol. The second-order valence-corrected chi connectivity index (χ2v) is 12.7. The van der Waals surface area contributed by atoms with Crippen LogP contribution in [0.2, 0.25) is 5.02 Å². The number of carbonyl (C=O) groups is 2. The molecule has 0 radical (unpaired) electrons. The van der Waals surface area contributed by atoms with Gasteiger partial charge < -0.3 is 19.0 Å². The Morgan fingerprint density at radius 1 is 1.09 bits per heavy atom. The Morgan fingerprint density at radius 2 is 1.89 bits per heavy atom. The van der Waals surface area contributed by atoms with E-state index in [0.29, 0.717) is 44.4 Å². The van der Waals surface area contributed by atoms with Gasteiger partial charge >= 0.3 is 0 Å². The largest absolute Gasteiger partial charge is 0.503 e. The third-order valence-electron chi connectivity index (χ3n) is 7.27. The van der Waals surface area contributed by atoms with Gasteiger partial charge in [0.25, 0.3) is 5.91 Å². The number of halogens is 1. The summed E-state index contributed by atoms with van der Waals surface area (Å²) in [6.45, 7) is 2.58. The summed E-state index contributed by atoms with van der Waals surface area (Å²) in [7, 11) is 1.52. The van der Waals surface area contributed by atoms with Crippen molar-refractivity contribution in [1.29, 1.82) is 0 Å². The third-order valence-corrected chi connectivity index (χ3v) is 9.75. The Morgan fingerprint density at radius 3 is 2.67 bits per heavy atom.